The molecule has 2 N–H and O–H groups in total. The monoisotopic (exact) mass is 386 g/mol. The SMILES string of the molecule is COc1ccccc1NC(=O)C1=C(C)Nc2c(C#N)cnn2C1c1cccnc1. The number of carbonyl (C=O) groups is 1. The second-order valence-electron chi connectivity index (χ2n) is 6.47. The van der Waals surface area contributed by atoms with Crippen LogP contribution in [0.3, 0.4) is 0 Å². The van der Waals surface area contributed by atoms with Crippen molar-refractivity contribution >= 4 is 17.4 Å². The first-order chi connectivity index (χ1) is 14.1. The zero-order chi connectivity index (χ0) is 20.4. The number of hydrogen-bond acceptors (Lipinski definition) is 6. The summed E-state index contributed by atoms with van der Waals surface area (Å²) in [7, 11) is 1.55. The van der Waals surface area contributed by atoms with E-state index in [1.54, 1.807) is 49.3 Å². The highest BCUT2D eigenvalue weighted by Gasteiger charge is 2.34. The minimum atomic E-state index is -0.531. The Morgan fingerprint density at radius 3 is 2.83 bits per heavy atom. The van der Waals surface area contributed by atoms with Crippen molar-refractivity contribution in [3.63, 3.8) is 0 Å². The standard InChI is InChI=1S/C21H18N6O2/c1-13-18(21(28)26-16-7-3-4-8-17(16)29-2)19(14-6-5-9-23-11-14)27-20(25-13)15(10-22)12-24-27/h3-9,11-12,19,25H,1-2H3,(H,26,28). The van der Waals surface area contributed by atoms with Crippen molar-refractivity contribution in [3.05, 3.63) is 77.4 Å². The van der Waals surface area contributed by atoms with Crippen LogP contribution in [0, 0.1) is 11.3 Å². The van der Waals surface area contributed by atoms with Gasteiger partial charge in [-0.1, -0.05) is 18.2 Å². The Balaban J connectivity index is 1.80. The Labute approximate surface area is 167 Å². The van der Waals surface area contributed by atoms with E-state index in [1.165, 1.54) is 6.20 Å². The number of para-hydroxylation sites is 2. The number of hydrogen-bond donors (Lipinski definition) is 2. The highest BCUT2D eigenvalue weighted by atomic mass is 16.5. The molecule has 0 aliphatic carbocycles. The van der Waals surface area contributed by atoms with Gasteiger partial charge < -0.3 is 15.4 Å². The molecular weight excluding hydrogens is 368 g/mol. The fourth-order valence-corrected chi connectivity index (χ4v) is 3.41. The van der Waals surface area contributed by atoms with Crippen molar-refractivity contribution in [2.45, 2.75) is 13.0 Å². The number of ether oxygens (including phenoxy) is 1. The van der Waals surface area contributed by atoms with Crippen LogP contribution in [0.2, 0.25) is 0 Å². The van der Waals surface area contributed by atoms with Crippen molar-refractivity contribution in [2.24, 2.45) is 0 Å². The molecule has 1 aliphatic rings. The van der Waals surface area contributed by atoms with Gasteiger partial charge in [-0.3, -0.25) is 9.78 Å². The van der Waals surface area contributed by atoms with E-state index >= 15 is 0 Å². The van der Waals surface area contributed by atoms with Gasteiger partial charge in [0.05, 0.1) is 24.6 Å². The molecule has 0 spiro atoms. The minimum absolute atomic E-state index is 0.298. The fourth-order valence-electron chi connectivity index (χ4n) is 3.41. The summed E-state index contributed by atoms with van der Waals surface area (Å²) in [6.45, 7) is 1.80. The van der Waals surface area contributed by atoms with Gasteiger partial charge in [0.2, 0.25) is 0 Å². The normalized spacial score (nSPS) is 15.1. The molecule has 29 heavy (non-hydrogen) atoms. The first-order valence-corrected chi connectivity index (χ1v) is 8.93. The molecule has 8 heteroatoms. The van der Waals surface area contributed by atoms with Crippen molar-refractivity contribution in [3.8, 4) is 11.8 Å². The van der Waals surface area contributed by atoms with Gasteiger partial charge >= 0.3 is 0 Å². The lowest BCUT2D eigenvalue weighted by molar-refractivity contribution is -0.113. The maximum absolute atomic E-state index is 13.3. The second kappa shape index (κ2) is 7.48. The molecule has 1 unspecified atom stereocenters. The minimum Gasteiger partial charge on any atom is -0.495 e. The zero-order valence-electron chi connectivity index (χ0n) is 15.9. The van der Waals surface area contributed by atoms with Gasteiger partial charge in [-0.05, 0) is 30.7 Å². The molecule has 1 aliphatic heterocycles. The number of nitrogens with one attached hydrogen (secondary N) is 2. The Hall–Kier alpha value is -4.12. The number of nitrogens with zero attached hydrogens (tertiary/aromatic N) is 4. The molecule has 3 aromatic rings. The third kappa shape index (κ3) is 3.19. The van der Waals surface area contributed by atoms with E-state index in [-0.39, 0.29) is 5.91 Å². The van der Waals surface area contributed by atoms with E-state index < -0.39 is 6.04 Å². The summed E-state index contributed by atoms with van der Waals surface area (Å²) in [4.78, 5) is 17.5. The van der Waals surface area contributed by atoms with Crippen LogP contribution in [0.25, 0.3) is 0 Å². The lowest BCUT2D eigenvalue weighted by atomic mass is 9.95. The molecule has 0 bridgehead atoms. The van der Waals surface area contributed by atoms with Crippen molar-refractivity contribution in [1.29, 1.82) is 5.26 Å². The number of allylic oxidation sites excluding steroid dienone is 1. The van der Waals surface area contributed by atoms with Crippen LogP contribution in [0.4, 0.5) is 11.5 Å². The molecular formula is C21H18N6O2. The number of aromatic nitrogens is 3. The van der Waals surface area contributed by atoms with E-state index in [9.17, 15) is 10.1 Å². The number of amides is 1. The third-order valence-corrected chi connectivity index (χ3v) is 4.74. The van der Waals surface area contributed by atoms with E-state index in [0.717, 1.165) is 5.56 Å². The van der Waals surface area contributed by atoms with Gasteiger partial charge in [0.1, 0.15) is 29.2 Å². The topological polar surface area (TPSA) is 105 Å². The average molecular weight is 386 g/mol. The van der Waals surface area contributed by atoms with Crippen molar-refractivity contribution < 1.29 is 9.53 Å². The highest BCUT2D eigenvalue weighted by molar-refractivity contribution is 6.06. The zero-order valence-corrected chi connectivity index (χ0v) is 15.9. The molecule has 1 aromatic carbocycles. The number of pyridine rings is 1. The Morgan fingerprint density at radius 1 is 1.28 bits per heavy atom. The smallest absolute Gasteiger partial charge is 0.255 e. The molecule has 0 fully saturated rings. The predicted octanol–water partition coefficient (Wildman–Crippen LogP) is 3.09. The van der Waals surface area contributed by atoms with Crippen LogP contribution in [0.1, 0.15) is 24.1 Å². The van der Waals surface area contributed by atoms with Crippen LogP contribution in [-0.2, 0) is 4.79 Å². The number of fused-ring (bicyclic) bond motifs is 1. The molecule has 3 heterocycles. The lowest BCUT2D eigenvalue weighted by Crippen LogP contribution is -2.31. The molecule has 2 aromatic heterocycles. The van der Waals surface area contributed by atoms with Gasteiger partial charge in [0.15, 0.2) is 0 Å². The summed E-state index contributed by atoms with van der Waals surface area (Å²) in [6, 6.07) is 12.5. The van der Waals surface area contributed by atoms with Crippen LogP contribution in [-0.4, -0.2) is 27.8 Å². The largest absolute Gasteiger partial charge is 0.495 e. The number of carbonyl (C=O) groups excluding carboxylic acids is 1. The van der Waals surface area contributed by atoms with Crippen molar-refractivity contribution in [2.75, 3.05) is 17.7 Å². The fraction of sp³-hybridized carbons (Fsp3) is 0.143. The first-order valence-electron chi connectivity index (χ1n) is 8.93. The maximum atomic E-state index is 13.3. The predicted molar refractivity (Wildman–Crippen MR) is 107 cm³/mol. The molecule has 1 amide bonds. The van der Waals surface area contributed by atoms with Crippen molar-refractivity contribution in [1.82, 2.24) is 14.8 Å². The van der Waals surface area contributed by atoms with Crippen LogP contribution < -0.4 is 15.4 Å². The molecule has 1 atom stereocenters. The Kier molecular flexibility index (Phi) is 4.71. The number of rotatable bonds is 4. The van der Waals surface area contributed by atoms with Gasteiger partial charge in [-0.15, -0.1) is 0 Å². The molecule has 8 nitrogen and oxygen atoms in total. The number of nitriles is 1. The summed E-state index contributed by atoms with van der Waals surface area (Å²) in [5.41, 5.74) is 2.86. The third-order valence-electron chi connectivity index (χ3n) is 4.74. The highest BCUT2D eigenvalue weighted by Crippen LogP contribution is 2.37. The maximum Gasteiger partial charge on any atom is 0.255 e. The Bertz CT molecular complexity index is 1140. The second-order valence-corrected chi connectivity index (χ2v) is 6.47. The number of methoxy groups -OCH3 is 1. The number of anilines is 2. The average Bonchev–Trinajstić information content (AvgIpc) is 3.16. The summed E-state index contributed by atoms with van der Waals surface area (Å²) >= 11 is 0. The van der Waals surface area contributed by atoms with E-state index in [4.69, 9.17) is 4.74 Å². The lowest BCUT2D eigenvalue weighted by Gasteiger charge is -2.29. The number of benzene rings is 1. The molecule has 0 saturated heterocycles. The van der Waals surface area contributed by atoms with Gasteiger partial charge in [0, 0.05) is 18.1 Å². The van der Waals surface area contributed by atoms with E-state index in [0.29, 0.717) is 34.1 Å². The summed E-state index contributed by atoms with van der Waals surface area (Å²) in [5, 5.41) is 19.8. The van der Waals surface area contributed by atoms with E-state index in [1.807, 2.05) is 18.2 Å². The molecule has 0 radical (unpaired) electrons. The van der Waals surface area contributed by atoms with Crippen LogP contribution >= 0.6 is 0 Å². The molecule has 0 saturated carbocycles. The molecule has 4 rings (SSSR count). The van der Waals surface area contributed by atoms with Crippen LogP contribution in [0.15, 0.2) is 66.3 Å². The van der Waals surface area contributed by atoms with Gasteiger partial charge in [0.25, 0.3) is 5.91 Å². The summed E-state index contributed by atoms with van der Waals surface area (Å²) < 4.78 is 6.97. The summed E-state index contributed by atoms with van der Waals surface area (Å²) in [5.74, 6) is 0.813. The first kappa shape index (κ1) is 18.3. The molecule has 144 valence electrons. The Morgan fingerprint density at radius 2 is 2.10 bits per heavy atom. The van der Waals surface area contributed by atoms with Gasteiger partial charge in [-0.2, -0.15) is 10.4 Å². The quantitative estimate of drug-likeness (QED) is 0.714. The van der Waals surface area contributed by atoms with Crippen LogP contribution in [0.5, 0.6) is 5.75 Å². The van der Waals surface area contributed by atoms with E-state index in [2.05, 4.69) is 26.8 Å². The van der Waals surface area contributed by atoms with Gasteiger partial charge in [-0.25, -0.2) is 4.68 Å². The summed E-state index contributed by atoms with van der Waals surface area (Å²) in [6.07, 6.45) is 4.84.